The first kappa shape index (κ1) is 25.0. The molecular weight excluding hydrogens is 502 g/mol. The van der Waals surface area contributed by atoms with Crippen LogP contribution < -0.4 is 11.1 Å². The van der Waals surface area contributed by atoms with Crippen molar-refractivity contribution in [2.45, 2.75) is 44.5 Å². The molecule has 2 aromatic carbocycles. The van der Waals surface area contributed by atoms with E-state index >= 15 is 0 Å². The Bertz CT molecular complexity index is 1650. The van der Waals surface area contributed by atoms with Crippen LogP contribution in [0.25, 0.3) is 27.7 Å². The number of nitrogens with two attached hydrogens (primary N) is 1. The Kier molecular flexibility index (Phi) is 6.74. The second-order valence-electron chi connectivity index (χ2n) is 9.06. The van der Waals surface area contributed by atoms with Crippen LogP contribution in [-0.2, 0) is 4.79 Å². The van der Waals surface area contributed by atoms with Crippen LogP contribution in [0.4, 0.5) is 5.00 Å². The first-order valence-corrected chi connectivity index (χ1v) is 13.7. The molecule has 7 nitrogen and oxygen atoms in total. The van der Waals surface area contributed by atoms with E-state index in [1.807, 2.05) is 60.0 Å². The van der Waals surface area contributed by atoms with Gasteiger partial charge in [0, 0.05) is 16.3 Å². The molecule has 0 radical (unpaired) electrons. The number of para-hydroxylation sites is 1. The van der Waals surface area contributed by atoms with E-state index in [2.05, 4.69) is 41.5 Å². The Morgan fingerprint density at radius 2 is 1.84 bits per heavy atom. The molecule has 0 aliphatic carbocycles. The number of hydrogen-bond acceptors (Lipinski definition) is 6. The molecule has 37 heavy (non-hydrogen) atoms. The fraction of sp³-hybridized carbons (Fsp3) is 0.214. The van der Waals surface area contributed by atoms with Crippen LogP contribution in [0.2, 0.25) is 0 Å². The molecular formula is C28H27N5O2S2. The maximum Gasteiger partial charge on any atom is 0.252 e. The summed E-state index contributed by atoms with van der Waals surface area (Å²) in [5.74, 6) is -0.786. The first-order chi connectivity index (χ1) is 17.8. The van der Waals surface area contributed by atoms with Gasteiger partial charge in [0.25, 0.3) is 5.91 Å². The summed E-state index contributed by atoms with van der Waals surface area (Å²) in [5, 5.41) is 15.4. The molecule has 3 aromatic heterocycles. The average Bonchev–Trinajstić information content (AvgIpc) is 3.47. The van der Waals surface area contributed by atoms with E-state index in [9.17, 15) is 9.59 Å². The van der Waals surface area contributed by atoms with E-state index in [1.165, 1.54) is 23.1 Å². The zero-order valence-electron chi connectivity index (χ0n) is 21.0. The van der Waals surface area contributed by atoms with Crippen LogP contribution in [0.15, 0.2) is 59.1 Å². The van der Waals surface area contributed by atoms with Crippen molar-refractivity contribution in [2.75, 3.05) is 5.32 Å². The molecule has 1 atom stereocenters. The molecule has 2 amide bonds. The van der Waals surface area contributed by atoms with Crippen molar-refractivity contribution in [3.63, 3.8) is 0 Å². The lowest BCUT2D eigenvalue weighted by Crippen LogP contribution is -2.26. The van der Waals surface area contributed by atoms with Crippen molar-refractivity contribution in [3.8, 4) is 11.1 Å². The topological polar surface area (TPSA) is 102 Å². The van der Waals surface area contributed by atoms with E-state index < -0.39 is 11.2 Å². The summed E-state index contributed by atoms with van der Waals surface area (Å²) < 4.78 is 2.02. The summed E-state index contributed by atoms with van der Waals surface area (Å²) in [5.41, 5.74) is 12.8. The lowest BCUT2D eigenvalue weighted by Gasteiger charge is -2.15. The van der Waals surface area contributed by atoms with Crippen molar-refractivity contribution in [1.82, 2.24) is 14.6 Å². The average molecular weight is 530 g/mol. The molecule has 9 heteroatoms. The zero-order valence-corrected chi connectivity index (χ0v) is 22.7. The number of aromatic nitrogens is 3. The van der Waals surface area contributed by atoms with E-state index in [4.69, 9.17) is 5.73 Å². The Balaban J connectivity index is 1.46. The summed E-state index contributed by atoms with van der Waals surface area (Å²) in [7, 11) is 0. The highest BCUT2D eigenvalue weighted by atomic mass is 32.2. The van der Waals surface area contributed by atoms with Crippen molar-refractivity contribution < 1.29 is 9.59 Å². The molecule has 5 aromatic rings. The molecule has 5 rings (SSSR count). The zero-order chi connectivity index (χ0) is 26.3. The number of thiophene rings is 1. The van der Waals surface area contributed by atoms with Gasteiger partial charge in [0.15, 0.2) is 10.8 Å². The van der Waals surface area contributed by atoms with E-state index in [-0.39, 0.29) is 5.91 Å². The summed E-state index contributed by atoms with van der Waals surface area (Å²) in [4.78, 5) is 25.8. The largest absolute Gasteiger partial charge is 0.365 e. The minimum Gasteiger partial charge on any atom is -0.365 e. The van der Waals surface area contributed by atoms with Gasteiger partial charge in [-0.25, -0.2) is 0 Å². The van der Waals surface area contributed by atoms with Crippen molar-refractivity contribution in [3.05, 3.63) is 76.2 Å². The molecule has 0 aliphatic heterocycles. The third kappa shape index (κ3) is 4.60. The van der Waals surface area contributed by atoms with Gasteiger partial charge in [-0.1, -0.05) is 66.7 Å². The normalized spacial score (nSPS) is 12.2. The number of benzene rings is 2. The lowest BCUT2D eigenvalue weighted by molar-refractivity contribution is -0.115. The van der Waals surface area contributed by atoms with Crippen LogP contribution in [0.5, 0.6) is 0 Å². The molecule has 3 N–H and O–H groups in total. The Labute approximate surface area is 223 Å². The molecule has 0 fully saturated rings. The SMILES string of the molecule is CCC(Sc1nnc2cc(C)c3cccc(C)c3n12)C(=O)Nc1scc(-c2ccc(C)cc2)c1C(N)=O. The van der Waals surface area contributed by atoms with Crippen molar-refractivity contribution in [2.24, 2.45) is 5.73 Å². The van der Waals surface area contributed by atoms with Gasteiger partial charge in [-0.2, -0.15) is 0 Å². The molecule has 0 spiro atoms. The first-order valence-electron chi connectivity index (χ1n) is 12.0. The van der Waals surface area contributed by atoms with Crippen LogP contribution in [-0.4, -0.2) is 31.7 Å². The fourth-order valence-corrected chi connectivity index (χ4v) is 6.43. The summed E-state index contributed by atoms with van der Waals surface area (Å²) in [6, 6.07) is 16.1. The number of pyridine rings is 1. The highest BCUT2D eigenvalue weighted by molar-refractivity contribution is 8.00. The third-order valence-electron chi connectivity index (χ3n) is 6.44. The number of fused-ring (bicyclic) bond motifs is 3. The monoisotopic (exact) mass is 529 g/mol. The molecule has 1 unspecified atom stereocenters. The highest BCUT2D eigenvalue weighted by Crippen LogP contribution is 2.37. The van der Waals surface area contributed by atoms with E-state index in [0.29, 0.717) is 27.7 Å². The van der Waals surface area contributed by atoms with Crippen LogP contribution >= 0.6 is 23.1 Å². The molecule has 3 heterocycles. The van der Waals surface area contributed by atoms with Gasteiger partial charge in [-0.3, -0.25) is 14.0 Å². The minimum atomic E-state index is -0.575. The van der Waals surface area contributed by atoms with E-state index in [1.54, 1.807) is 0 Å². The van der Waals surface area contributed by atoms with Gasteiger partial charge in [0.05, 0.1) is 16.3 Å². The second kappa shape index (κ2) is 9.99. The predicted molar refractivity (Wildman–Crippen MR) is 152 cm³/mol. The van der Waals surface area contributed by atoms with Crippen molar-refractivity contribution >= 4 is 56.5 Å². The maximum absolute atomic E-state index is 13.4. The third-order valence-corrected chi connectivity index (χ3v) is 8.64. The number of rotatable bonds is 7. The summed E-state index contributed by atoms with van der Waals surface area (Å²) in [6.45, 7) is 8.08. The number of thioether (sulfide) groups is 1. The standard InChI is InChI=1S/C28H27N5O2S2/c1-5-21(37-28-32-31-22-13-17(4)19-8-6-7-16(3)24(19)33(22)28)26(35)30-27-23(25(29)34)20(14-36-27)18-11-9-15(2)10-12-18/h6-14,21H,5H2,1-4H3,(H2,29,34)(H,30,35). The number of primary amides is 1. The number of hydrogen-bond donors (Lipinski definition) is 2. The minimum absolute atomic E-state index is 0.211. The quantitative estimate of drug-likeness (QED) is 0.246. The van der Waals surface area contributed by atoms with Gasteiger partial charge in [0.2, 0.25) is 5.91 Å². The van der Waals surface area contributed by atoms with Crippen molar-refractivity contribution in [1.29, 1.82) is 0 Å². The number of nitrogens with one attached hydrogen (secondary N) is 1. The smallest absolute Gasteiger partial charge is 0.252 e. The Morgan fingerprint density at radius 1 is 1.08 bits per heavy atom. The number of aryl methyl sites for hydroxylation is 3. The summed E-state index contributed by atoms with van der Waals surface area (Å²) in [6.07, 6.45) is 0.566. The molecule has 0 saturated heterocycles. The Morgan fingerprint density at radius 3 is 2.54 bits per heavy atom. The number of nitrogens with zero attached hydrogens (tertiary/aromatic N) is 3. The summed E-state index contributed by atoms with van der Waals surface area (Å²) >= 11 is 2.67. The maximum atomic E-state index is 13.4. The number of carbonyl (C=O) groups excluding carboxylic acids is 2. The Hall–Kier alpha value is -3.69. The van der Waals surface area contributed by atoms with Gasteiger partial charge in [-0.05, 0) is 49.9 Å². The van der Waals surface area contributed by atoms with Gasteiger partial charge in [-0.15, -0.1) is 21.5 Å². The highest BCUT2D eigenvalue weighted by Gasteiger charge is 2.26. The molecule has 0 saturated carbocycles. The fourth-order valence-electron chi connectivity index (χ4n) is 4.49. The van der Waals surface area contributed by atoms with Gasteiger partial charge in [0.1, 0.15) is 5.00 Å². The van der Waals surface area contributed by atoms with Gasteiger partial charge >= 0.3 is 0 Å². The van der Waals surface area contributed by atoms with Gasteiger partial charge < -0.3 is 11.1 Å². The van der Waals surface area contributed by atoms with E-state index in [0.717, 1.165) is 38.8 Å². The predicted octanol–water partition coefficient (Wildman–Crippen LogP) is 6.14. The lowest BCUT2D eigenvalue weighted by atomic mass is 10.0. The number of carbonyl (C=O) groups is 2. The molecule has 0 aliphatic rings. The van der Waals surface area contributed by atoms with Crippen LogP contribution in [0, 0.1) is 20.8 Å². The molecule has 188 valence electrons. The molecule has 0 bridgehead atoms. The second-order valence-corrected chi connectivity index (χ2v) is 11.1. The number of amides is 2. The van der Waals surface area contributed by atoms with Crippen LogP contribution in [0.1, 0.15) is 40.4 Å². The van der Waals surface area contributed by atoms with Crippen LogP contribution in [0.3, 0.4) is 0 Å². The number of anilines is 1.